The second kappa shape index (κ2) is 5.61. The van der Waals surface area contributed by atoms with Crippen LogP contribution in [0.4, 0.5) is 0 Å². The molecule has 0 aromatic heterocycles. The Morgan fingerprint density at radius 1 is 1.38 bits per heavy atom. The summed E-state index contributed by atoms with van der Waals surface area (Å²) in [6.07, 6.45) is 0. The van der Waals surface area contributed by atoms with Gasteiger partial charge >= 0.3 is 0 Å². The number of likely N-dealkylation sites (N-methyl/N-ethyl adjacent to an activating group) is 1. The van der Waals surface area contributed by atoms with Crippen molar-refractivity contribution in [3.63, 3.8) is 0 Å². The molecule has 3 nitrogen and oxygen atoms in total. The van der Waals surface area contributed by atoms with Crippen molar-refractivity contribution in [1.29, 1.82) is 0 Å². The van der Waals surface area contributed by atoms with Crippen LogP contribution in [-0.2, 0) is 4.79 Å². The molecule has 0 fully saturated rings. The van der Waals surface area contributed by atoms with Gasteiger partial charge < -0.3 is 5.32 Å². The molecule has 1 rings (SSSR count). The number of nitrogens with one attached hydrogen (secondary N) is 2. The van der Waals surface area contributed by atoms with E-state index >= 15 is 0 Å². The molecule has 1 amide bonds. The highest BCUT2D eigenvalue weighted by atomic mass is 32.2. The van der Waals surface area contributed by atoms with E-state index in [1.807, 2.05) is 30.3 Å². The lowest BCUT2D eigenvalue weighted by atomic mass is 10.4. The molecular formula is C9H12N2OS. The first-order valence-electron chi connectivity index (χ1n) is 3.98. The lowest BCUT2D eigenvalue weighted by Gasteiger charge is -2.02. The van der Waals surface area contributed by atoms with Gasteiger partial charge in [0.25, 0.3) is 0 Å². The van der Waals surface area contributed by atoms with E-state index in [2.05, 4.69) is 10.0 Å². The fraction of sp³-hybridized carbons (Fsp3) is 0.222. The summed E-state index contributed by atoms with van der Waals surface area (Å²) in [7, 11) is 1.74. The van der Waals surface area contributed by atoms with Gasteiger partial charge in [0.15, 0.2) is 0 Å². The number of hydrogen-bond acceptors (Lipinski definition) is 3. The number of hydrogen-bond donors (Lipinski definition) is 2. The van der Waals surface area contributed by atoms with Crippen molar-refractivity contribution in [2.45, 2.75) is 4.90 Å². The van der Waals surface area contributed by atoms with Gasteiger partial charge in [0.2, 0.25) is 5.91 Å². The van der Waals surface area contributed by atoms with Crippen LogP contribution in [0.2, 0.25) is 0 Å². The summed E-state index contributed by atoms with van der Waals surface area (Å²) >= 11 is 1.33. The zero-order valence-corrected chi connectivity index (χ0v) is 8.23. The van der Waals surface area contributed by atoms with Crippen LogP contribution in [0.5, 0.6) is 0 Å². The average Bonchev–Trinajstić information content (AvgIpc) is 2.17. The molecule has 0 radical (unpaired) electrons. The predicted octanol–water partition coefficient (Wildman–Crippen LogP) is 1.03. The van der Waals surface area contributed by atoms with Gasteiger partial charge in [-0.1, -0.05) is 18.2 Å². The third kappa shape index (κ3) is 3.96. The lowest BCUT2D eigenvalue weighted by Crippen LogP contribution is -2.27. The Labute approximate surface area is 82.0 Å². The molecule has 1 aromatic rings. The van der Waals surface area contributed by atoms with Crippen LogP contribution < -0.4 is 10.0 Å². The molecule has 0 bridgehead atoms. The molecule has 0 heterocycles. The number of amides is 1. The molecule has 1 aromatic carbocycles. The summed E-state index contributed by atoms with van der Waals surface area (Å²) in [5.74, 6) is -0.0173. The Balaban J connectivity index is 2.31. The van der Waals surface area contributed by atoms with Crippen LogP contribution in [0.3, 0.4) is 0 Å². The summed E-state index contributed by atoms with van der Waals surface area (Å²) in [6, 6.07) is 9.72. The number of benzene rings is 1. The van der Waals surface area contributed by atoms with Crippen molar-refractivity contribution in [2.24, 2.45) is 0 Å². The van der Waals surface area contributed by atoms with Gasteiger partial charge in [-0.05, 0) is 31.1 Å². The zero-order valence-electron chi connectivity index (χ0n) is 7.41. The van der Waals surface area contributed by atoms with Crippen molar-refractivity contribution in [3.05, 3.63) is 30.3 Å². The fourth-order valence-electron chi connectivity index (χ4n) is 0.801. The molecule has 0 saturated heterocycles. The average molecular weight is 196 g/mol. The van der Waals surface area contributed by atoms with Crippen LogP contribution in [0.25, 0.3) is 0 Å². The Hall–Kier alpha value is -1.00. The van der Waals surface area contributed by atoms with E-state index in [1.54, 1.807) is 7.05 Å². The highest BCUT2D eigenvalue weighted by molar-refractivity contribution is 7.98. The molecule has 0 aliphatic rings. The van der Waals surface area contributed by atoms with Gasteiger partial charge in [0, 0.05) is 4.90 Å². The summed E-state index contributed by atoms with van der Waals surface area (Å²) in [5, 5.41) is 2.78. The summed E-state index contributed by atoms with van der Waals surface area (Å²) in [5.41, 5.74) is 0. The smallest absolute Gasteiger partial charge is 0.244 e. The van der Waals surface area contributed by atoms with Crippen LogP contribution in [-0.4, -0.2) is 19.5 Å². The maximum Gasteiger partial charge on any atom is 0.244 e. The molecular weight excluding hydrogens is 184 g/mol. The minimum absolute atomic E-state index is 0.0173. The number of carbonyl (C=O) groups excluding carboxylic acids is 1. The minimum atomic E-state index is -0.0173. The Morgan fingerprint density at radius 3 is 2.69 bits per heavy atom. The first kappa shape index (κ1) is 10.1. The van der Waals surface area contributed by atoms with Gasteiger partial charge in [-0.3, -0.25) is 9.52 Å². The van der Waals surface area contributed by atoms with E-state index < -0.39 is 0 Å². The largest absolute Gasteiger partial charge is 0.311 e. The molecule has 13 heavy (non-hydrogen) atoms. The monoisotopic (exact) mass is 196 g/mol. The van der Waals surface area contributed by atoms with Gasteiger partial charge in [0.05, 0.1) is 6.54 Å². The zero-order chi connectivity index (χ0) is 9.52. The molecule has 0 aliphatic heterocycles. The van der Waals surface area contributed by atoms with E-state index in [-0.39, 0.29) is 5.91 Å². The van der Waals surface area contributed by atoms with Gasteiger partial charge in [0.1, 0.15) is 0 Å². The van der Waals surface area contributed by atoms with Gasteiger partial charge in [-0.2, -0.15) is 0 Å². The van der Waals surface area contributed by atoms with Crippen LogP contribution in [0, 0.1) is 0 Å². The minimum Gasteiger partial charge on any atom is -0.311 e. The third-order valence-corrected chi connectivity index (χ3v) is 2.20. The molecule has 2 N–H and O–H groups in total. The summed E-state index contributed by atoms with van der Waals surface area (Å²) < 4.78 is 2.72. The van der Waals surface area contributed by atoms with Gasteiger partial charge in [-0.15, -0.1) is 0 Å². The molecule has 70 valence electrons. The second-order valence-electron chi connectivity index (χ2n) is 2.47. The van der Waals surface area contributed by atoms with Crippen molar-refractivity contribution in [2.75, 3.05) is 13.6 Å². The summed E-state index contributed by atoms with van der Waals surface area (Å²) in [6.45, 7) is 0.347. The Bertz CT molecular complexity index is 264. The highest BCUT2D eigenvalue weighted by Gasteiger charge is 1.98. The maximum atomic E-state index is 11.0. The maximum absolute atomic E-state index is 11.0. The van der Waals surface area contributed by atoms with Crippen LogP contribution >= 0.6 is 11.9 Å². The van der Waals surface area contributed by atoms with E-state index in [9.17, 15) is 4.79 Å². The Morgan fingerprint density at radius 2 is 2.08 bits per heavy atom. The molecule has 0 aliphatic carbocycles. The second-order valence-corrected chi connectivity index (χ2v) is 3.35. The van der Waals surface area contributed by atoms with E-state index in [0.717, 1.165) is 4.90 Å². The highest BCUT2D eigenvalue weighted by Crippen LogP contribution is 2.12. The van der Waals surface area contributed by atoms with Crippen LogP contribution in [0.1, 0.15) is 0 Å². The third-order valence-electron chi connectivity index (χ3n) is 1.36. The van der Waals surface area contributed by atoms with Crippen molar-refractivity contribution in [3.8, 4) is 0 Å². The van der Waals surface area contributed by atoms with Gasteiger partial charge in [-0.25, -0.2) is 0 Å². The molecule has 4 heteroatoms. The van der Waals surface area contributed by atoms with Crippen LogP contribution in [0.15, 0.2) is 35.2 Å². The number of rotatable bonds is 4. The quantitative estimate of drug-likeness (QED) is 0.707. The molecule has 0 unspecified atom stereocenters. The van der Waals surface area contributed by atoms with E-state index in [4.69, 9.17) is 0 Å². The Kier molecular flexibility index (Phi) is 4.35. The molecule has 0 saturated carbocycles. The van der Waals surface area contributed by atoms with Crippen molar-refractivity contribution >= 4 is 17.9 Å². The fourth-order valence-corrected chi connectivity index (χ4v) is 1.40. The lowest BCUT2D eigenvalue weighted by molar-refractivity contribution is -0.118. The molecule has 0 spiro atoms. The molecule has 0 atom stereocenters. The summed E-state index contributed by atoms with van der Waals surface area (Å²) in [4.78, 5) is 12.1. The first-order valence-corrected chi connectivity index (χ1v) is 4.80. The SMILES string of the molecule is CNCC(=O)NSc1ccccc1. The normalized spacial score (nSPS) is 9.62. The van der Waals surface area contributed by atoms with Crippen molar-refractivity contribution in [1.82, 2.24) is 10.0 Å². The van der Waals surface area contributed by atoms with E-state index in [0.29, 0.717) is 6.54 Å². The van der Waals surface area contributed by atoms with E-state index in [1.165, 1.54) is 11.9 Å². The first-order chi connectivity index (χ1) is 6.33. The van der Waals surface area contributed by atoms with Crippen molar-refractivity contribution < 1.29 is 4.79 Å². The standard InChI is InChI=1S/C9H12N2OS/c1-10-7-9(12)11-13-8-5-3-2-4-6-8/h2-6,10H,7H2,1H3,(H,11,12). The number of carbonyl (C=O) groups is 1. The predicted molar refractivity (Wildman–Crippen MR) is 54.4 cm³/mol. The topological polar surface area (TPSA) is 41.1 Å².